The Hall–Kier alpha value is -3.23. The zero-order chi connectivity index (χ0) is 26.8. The van der Waals surface area contributed by atoms with Gasteiger partial charge in [-0.05, 0) is 75.6 Å². The molecule has 2 fully saturated rings. The minimum atomic E-state index is -4.11. The van der Waals surface area contributed by atoms with Crippen molar-refractivity contribution in [3.63, 3.8) is 0 Å². The topological polar surface area (TPSA) is 64.7 Å². The standard InChI is InChI=1S/C28H35F3N4O2/c1-27(2,3)35-18-20(16-25(35)36)26(37)32-17-19-4-6-22(7-5-19)33-23-8-10-24(11-9-23)34-14-12-21(13-15-34)28(29,30)31/h4-11,20-21,33H,12-18H2,1-3H3,(H,32,37). The van der Waals surface area contributed by atoms with Crippen molar-refractivity contribution in [3.05, 3.63) is 54.1 Å². The first-order chi connectivity index (χ1) is 17.4. The molecule has 6 nitrogen and oxygen atoms in total. The van der Waals surface area contributed by atoms with Crippen LogP contribution < -0.4 is 15.5 Å². The third-order valence-corrected chi connectivity index (χ3v) is 7.21. The molecule has 2 aliphatic rings. The highest BCUT2D eigenvalue weighted by Crippen LogP contribution is 2.35. The van der Waals surface area contributed by atoms with E-state index in [0.29, 0.717) is 26.2 Å². The number of nitrogens with one attached hydrogen (secondary N) is 2. The van der Waals surface area contributed by atoms with Crippen molar-refractivity contribution in [2.75, 3.05) is 29.9 Å². The summed E-state index contributed by atoms with van der Waals surface area (Å²) in [6, 6.07) is 15.4. The molecular weight excluding hydrogens is 481 g/mol. The molecule has 4 rings (SSSR count). The first-order valence-corrected chi connectivity index (χ1v) is 12.8. The molecule has 1 unspecified atom stereocenters. The molecular formula is C28H35F3N4O2. The maximum atomic E-state index is 12.9. The van der Waals surface area contributed by atoms with Gasteiger partial charge in [0.2, 0.25) is 11.8 Å². The van der Waals surface area contributed by atoms with Crippen LogP contribution in [0.25, 0.3) is 0 Å². The van der Waals surface area contributed by atoms with Crippen molar-refractivity contribution in [2.45, 2.75) is 58.3 Å². The zero-order valence-electron chi connectivity index (χ0n) is 21.6. The van der Waals surface area contributed by atoms with Gasteiger partial charge in [-0.2, -0.15) is 13.2 Å². The molecule has 9 heteroatoms. The molecule has 2 aliphatic heterocycles. The predicted molar refractivity (Wildman–Crippen MR) is 139 cm³/mol. The predicted octanol–water partition coefficient (Wildman–Crippen LogP) is 5.47. The molecule has 200 valence electrons. The average Bonchev–Trinajstić information content (AvgIpc) is 3.26. The van der Waals surface area contributed by atoms with Crippen molar-refractivity contribution < 1.29 is 22.8 Å². The number of rotatable bonds is 6. The minimum absolute atomic E-state index is 0.0159. The Morgan fingerprint density at radius 1 is 0.946 bits per heavy atom. The normalized spacial score (nSPS) is 19.3. The maximum absolute atomic E-state index is 12.9. The highest BCUT2D eigenvalue weighted by atomic mass is 19.4. The Morgan fingerprint density at radius 2 is 1.51 bits per heavy atom. The fourth-order valence-electron chi connectivity index (χ4n) is 4.96. The van der Waals surface area contributed by atoms with Crippen LogP contribution in [0.1, 0.15) is 45.6 Å². The number of carbonyl (C=O) groups excluding carboxylic acids is 2. The summed E-state index contributed by atoms with van der Waals surface area (Å²) in [5.41, 5.74) is 3.35. The monoisotopic (exact) mass is 516 g/mol. The molecule has 2 amide bonds. The van der Waals surface area contributed by atoms with Crippen LogP contribution in [0.5, 0.6) is 0 Å². The lowest BCUT2D eigenvalue weighted by Crippen LogP contribution is -2.43. The zero-order valence-corrected chi connectivity index (χ0v) is 21.6. The summed E-state index contributed by atoms with van der Waals surface area (Å²) in [4.78, 5) is 28.6. The van der Waals surface area contributed by atoms with Gasteiger partial charge in [0.25, 0.3) is 0 Å². The van der Waals surface area contributed by atoms with Crippen LogP contribution >= 0.6 is 0 Å². The van der Waals surface area contributed by atoms with Gasteiger partial charge in [-0.25, -0.2) is 0 Å². The van der Waals surface area contributed by atoms with Crippen molar-refractivity contribution in [1.82, 2.24) is 10.2 Å². The number of alkyl halides is 3. The van der Waals surface area contributed by atoms with Gasteiger partial charge in [0.05, 0.1) is 11.8 Å². The van der Waals surface area contributed by atoms with Crippen LogP contribution in [0.3, 0.4) is 0 Å². The number of benzene rings is 2. The smallest absolute Gasteiger partial charge is 0.372 e. The molecule has 2 saturated heterocycles. The fourth-order valence-corrected chi connectivity index (χ4v) is 4.96. The van der Waals surface area contributed by atoms with Gasteiger partial charge < -0.3 is 20.4 Å². The molecule has 1 atom stereocenters. The van der Waals surface area contributed by atoms with Crippen LogP contribution in [-0.4, -0.2) is 48.1 Å². The third-order valence-electron chi connectivity index (χ3n) is 7.21. The van der Waals surface area contributed by atoms with E-state index in [4.69, 9.17) is 0 Å². The first-order valence-electron chi connectivity index (χ1n) is 12.8. The second kappa shape index (κ2) is 10.6. The van der Waals surface area contributed by atoms with Gasteiger partial charge in [0.1, 0.15) is 0 Å². The summed E-state index contributed by atoms with van der Waals surface area (Å²) >= 11 is 0. The van der Waals surface area contributed by atoms with Crippen molar-refractivity contribution in [1.29, 1.82) is 0 Å². The number of halogens is 3. The van der Waals surface area contributed by atoms with Crippen LogP contribution in [-0.2, 0) is 16.1 Å². The Balaban J connectivity index is 1.24. The van der Waals surface area contributed by atoms with E-state index >= 15 is 0 Å². The second-order valence-corrected chi connectivity index (χ2v) is 11.0. The lowest BCUT2D eigenvalue weighted by Gasteiger charge is -2.34. The Bertz CT molecular complexity index is 1090. The summed E-state index contributed by atoms with van der Waals surface area (Å²) in [7, 11) is 0. The van der Waals surface area contributed by atoms with Crippen molar-refractivity contribution in [3.8, 4) is 0 Å². The number of likely N-dealkylation sites (tertiary alicyclic amines) is 1. The molecule has 2 N–H and O–H groups in total. The van der Waals surface area contributed by atoms with E-state index in [1.165, 1.54) is 0 Å². The summed E-state index contributed by atoms with van der Waals surface area (Å²) in [6.45, 7) is 7.56. The SMILES string of the molecule is CC(C)(C)N1CC(C(=O)NCc2ccc(Nc3ccc(N4CCC(C(F)(F)F)CC4)cc3)cc2)CC1=O. The molecule has 0 bridgehead atoms. The molecule has 0 saturated carbocycles. The van der Waals surface area contributed by atoms with E-state index in [1.807, 2.05) is 74.2 Å². The van der Waals surface area contributed by atoms with Gasteiger partial charge in [-0.3, -0.25) is 9.59 Å². The summed E-state index contributed by atoms with van der Waals surface area (Å²) in [5, 5.41) is 6.27. The van der Waals surface area contributed by atoms with E-state index in [9.17, 15) is 22.8 Å². The molecule has 37 heavy (non-hydrogen) atoms. The molecule has 2 aromatic carbocycles. The number of anilines is 3. The van der Waals surface area contributed by atoms with E-state index < -0.39 is 12.1 Å². The molecule has 0 radical (unpaired) electrons. The van der Waals surface area contributed by atoms with E-state index in [1.54, 1.807) is 4.90 Å². The lowest BCUT2D eigenvalue weighted by atomic mass is 9.96. The summed E-state index contributed by atoms with van der Waals surface area (Å²) in [6.07, 6.45) is -3.60. The van der Waals surface area contributed by atoms with E-state index in [2.05, 4.69) is 10.6 Å². The number of nitrogens with zero attached hydrogens (tertiary/aromatic N) is 2. The molecule has 0 spiro atoms. The van der Waals surface area contributed by atoms with Crippen molar-refractivity contribution >= 4 is 28.9 Å². The van der Waals surface area contributed by atoms with E-state index in [0.717, 1.165) is 22.6 Å². The van der Waals surface area contributed by atoms with Crippen LogP contribution in [0.2, 0.25) is 0 Å². The van der Waals surface area contributed by atoms with Gasteiger partial charge in [0.15, 0.2) is 0 Å². The lowest BCUT2D eigenvalue weighted by molar-refractivity contribution is -0.179. The molecule has 0 aliphatic carbocycles. The summed E-state index contributed by atoms with van der Waals surface area (Å²) in [5.74, 6) is -1.62. The Labute approximate surface area is 216 Å². The molecule has 2 heterocycles. The van der Waals surface area contributed by atoms with Gasteiger partial charge in [-0.1, -0.05) is 12.1 Å². The van der Waals surface area contributed by atoms with Crippen LogP contribution in [0, 0.1) is 11.8 Å². The third kappa shape index (κ3) is 6.76. The highest BCUT2D eigenvalue weighted by Gasteiger charge is 2.41. The highest BCUT2D eigenvalue weighted by molar-refractivity contribution is 5.89. The first kappa shape index (κ1) is 26.8. The van der Waals surface area contributed by atoms with Crippen LogP contribution in [0.4, 0.5) is 30.2 Å². The molecule has 2 aromatic rings. The quantitative estimate of drug-likeness (QED) is 0.534. The number of carbonyl (C=O) groups is 2. The second-order valence-electron chi connectivity index (χ2n) is 11.0. The number of amides is 2. The average molecular weight is 517 g/mol. The maximum Gasteiger partial charge on any atom is 0.391 e. The van der Waals surface area contributed by atoms with Crippen molar-refractivity contribution in [2.24, 2.45) is 11.8 Å². The fraction of sp³-hybridized carbons (Fsp3) is 0.500. The minimum Gasteiger partial charge on any atom is -0.372 e. The van der Waals surface area contributed by atoms with E-state index in [-0.39, 0.29) is 42.5 Å². The Morgan fingerprint density at radius 3 is 2.03 bits per heavy atom. The number of hydrogen-bond acceptors (Lipinski definition) is 4. The molecule has 0 aromatic heterocycles. The largest absolute Gasteiger partial charge is 0.391 e. The van der Waals surface area contributed by atoms with Gasteiger partial charge in [-0.15, -0.1) is 0 Å². The van der Waals surface area contributed by atoms with Gasteiger partial charge >= 0.3 is 6.18 Å². The summed E-state index contributed by atoms with van der Waals surface area (Å²) < 4.78 is 38.7. The number of piperidine rings is 1. The van der Waals surface area contributed by atoms with Crippen LogP contribution in [0.15, 0.2) is 48.5 Å². The van der Waals surface area contributed by atoms with Gasteiger partial charge in [0, 0.05) is 55.2 Å². The number of hydrogen-bond donors (Lipinski definition) is 2. The Kier molecular flexibility index (Phi) is 7.71.